The van der Waals surface area contributed by atoms with E-state index in [9.17, 15) is 26.3 Å². The molecule has 1 N–H and O–H groups in total. The zero-order valence-corrected chi connectivity index (χ0v) is 9.41. The SMILES string of the molecule is CCCNc1cc(C(F)(F)F)cc(C(F)(F)F)c1. The van der Waals surface area contributed by atoms with E-state index in [2.05, 4.69) is 5.32 Å². The number of hydrogen-bond donors (Lipinski definition) is 1. The molecule has 0 aromatic heterocycles. The molecule has 0 bridgehead atoms. The van der Waals surface area contributed by atoms with Crippen LogP contribution in [0.3, 0.4) is 0 Å². The normalized spacial score (nSPS) is 12.6. The van der Waals surface area contributed by atoms with Gasteiger partial charge in [-0.25, -0.2) is 0 Å². The van der Waals surface area contributed by atoms with Gasteiger partial charge in [0, 0.05) is 12.2 Å². The average Bonchev–Trinajstić information content (AvgIpc) is 2.23. The molecule has 0 amide bonds. The molecule has 0 spiro atoms. The minimum absolute atomic E-state index is 0.108. The third-order valence-corrected chi connectivity index (χ3v) is 2.17. The van der Waals surface area contributed by atoms with Gasteiger partial charge in [0.05, 0.1) is 11.1 Å². The second-order valence-corrected chi connectivity index (χ2v) is 3.72. The molecular formula is C11H11F6N. The van der Waals surface area contributed by atoms with E-state index in [1.54, 1.807) is 6.92 Å². The van der Waals surface area contributed by atoms with Crippen molar-refractivity contribution in [1.29, 1.82) is 0 Å². The van der Waals surface area contributed by atoms with Crippen molar-refractivity contribution in [3.63, 3.8) is 0 Å². The van der Waals surface area contributed by atoms with Crippen LogP contribution in [0.2, 0.25) is 0 Å². The summed E-state index contributed by atoms with van der Waals surface area (Å²) in [5.74, 6) is 0. The van der Waals surface area contributed by atoms with Crippen LogP contribution in [0.4, 0.5) is 32.0 Å². The molecule has 1 aromatic carbocycles. The van der Waals surface area contributed by atoms with E-state index in [0.717, 1.165) is 0 Å². The van der Waals surface area contributed by atoms with Crippen molar-refractivity contribution in [3.8, 4) is 0 Å². The van der Waals surface area contributed by atoms with Gasteiger partial charge in [0.1, 0.15) is 0 Å². The molecule has 1 nitrogen and oxygen atoms in total. The maximum atomic E-state index is 12.5. The molecule has 0 heterocycles. The Hall–Kier alpha value is -1.40. The van der Waals surface area contributed by atoms with Gasteiger partial charge in [-0.05, 0) is 24.6 Å². The number of rotatable bonds is 3. The lowest BCUT2D eigenvalue weighted by Gasteiger charge is -2.14. The molecule has 0 aliphatic heterocycles. The first-order chi connectivity index (χ1) is 8.14. The van der Waals surface area contributed by atoms with Crippen LogP contribution < -0.4 is 5.32 Å². The summed E-state index contributed by atoms with van der Waals surface area (Å²) >= 11 is 0. The molecule has 7 heteroatoms. The van der Waals surface area contributed by atoms with Crippen molar-refractivity contribution in [2.45, 2.75) is 25.7 Å². The lowest BCUT2D eigenvalue weighted by molar-refractivity contribution is -0.143. The van der Waals surface area contributed by atoms with E-state index in [4.69, 9.17) is 0 Å². The van der Waals surface area contributed by atoms with Crippen molar-refractivity contribution < 1.29 is 26.3 Å². The van der Waals surface area contributed by atoms with Gasteiger partial charge in [0.25, 0.3) is 0 Å². The second-order valence-electron chi connectivity index (χ2n) is 3.72. The van der Waals surface area contributed by atoms with Crippen LogP contribution in [0, 0.1) is 0 Å². The molecule has 0 radical (unpaired) electrons. The highest BCUT2D eigenvalue weighted by Crippen LogP contribution is 2.37. The van der Waals surface area contributed by atoms with E-state index < -0.39 is 23.5 Å². The number of halogens is 6. The molecule has 0 atom stereocenters. The van der Waals surface area contributed by atoms with Crippen LogP contribution in [0.15, 0.2) is 18.2 Å². The van der Waals surface area contributed by atoms with Crippen molar-refractivity contribution >= 4 is 5.69 Å². The van der Waals surface area contributed by atoms with E-state index in [0.29, 0.717) is 25.1 Å². The summed E-state index contributed by atoms with van der Waals surface area (Å²) in [5.41, 5.74) is -2.80. The third-order valence-electron chi connectivity index (χ3n) is 2.17. The highest BCUT2D eigenvalue weighted by molar-refractivity contribution is 5.50. The Kier molecular flexibility index (Phi) is 4.13. The summed E-state index contributed by atoms with van der Waals surface area (Å²) in [4.78, 5) is 0. The summed E-state index contributed by atoms with van der Waals surface area (Å²) in [5, 5.41) is 2.52. The number of nitrogens with one attached hydrogen (secondary N) is 1. The van der Waals surface area contributed by atoms with Crippen LogP contribution in [-0.2, 0) is 12.4 Å². The first kappa shape index (κ1) is 14.7. The van der Waals surface area contributed by atoms with Crippen LogP contribution in [0.25, 0.3) is 0 Å². The Morgan fingerprint density at radius 1 is 0.889 bits per heavy atom. The molecular weight excluding hydrogens is 260 g/mol. The van der Waals surface area contributed by atoms with E-state index in [-0.39, 0.29) is 11.8 Å². The molecule has 102 valence electrons. The Morgan fingerprint density at radius 2 is 1.33 bits per heavy atom. The summed E-state index contributed by atoms with van der Waals surface area (Å²) in [6, 6.07) is 1.45. The number of hydrogen-bond acceptors (Lipinski definition) is 1. The quantitative estimate of drug-likeness (QED) is 0.795. The molecule has 0 saturated heterocycles. The Labute approximate surface area is 99.8 Å². The van der Waals surface area contributed by atoms with Crippen molar-refractivity contribution in [3.05, 3.63) is 29.3 Å². The largest absolute Gasteiger partial charge is 0.416 e. The summed E-state index contributed by atoms with van der Waals surface area (Å²) < 4.78 is 74.8. The van der Waals surface area contributed by atoms with Crippen molar-refractivity contribution in [2.75, 3.05) is 11.9 Å². The molecule has 0 aliphatic carbocycles. The number of anilines is 1. The molecule has 0 unspecified atom stereocenters. The molecule has 0 fully saturated rings. The van der Waals surface area contributed by atoms with Crippen LogP contribution in [0.1, 0.15) is 24.5 Å². The lowest BCUT2D eigenvalue weighted by atomic mass is 10.1. The van der Waals surface area contributed by atoms with Gasteiger partial charge in [0.2, 0.25) is 0 Å². The van der Waals surface area contributed by atoms with Gasteiger partial charge in [-0.2, -0.15) is 26.3 Å². The van der Waals surface area contributed by atoms with Crippen molar-refractivity contribution in [2.24, 2.45) is 0 Å². The first-order valence-electron chi connectivity index (χ1n) is 5.18. The minimum Gasteiger partial charge on any atom is -0.385 e. The smallest absolute Gasteiger partial charge is 0.385 e. The second kappa shape index (κ2) is 5.07. The summed E-state index contributed by atoms with van der Waals surface area (Å²) in [6.07, 6.45) is -9.01. The van der Waals surface area contributed by atoms with Crippen LogP contribution in [-0.4, -0.2) is 6.54 Å². The van der Waals surface area contributed by atoms with Gasteiger partial charge < -0.3 is 5.32 Å². The molecule has 18 heavy (non-hydrogen) atoms. The van der Waals surface area contributed by atoms with E-state index in [1.807, 2.05) is 0 Å². The fourth-order valence-corrected chi connectivity index (χ4v) is 1.33. The van der Waals surface area contributed by atoms with Gasteiger partial charge in [-0.15, -0.1) is 0 Å². The third kappa shape index (κ3) is 3.82. The molecule has 0 saturated carbocycles. The molecule has 0 aliphatic rings. The Bertz CT molecular complexity index is 375. The van der Waals surface area contributed by atoms with Gasteiger partial charge >= 0.3 is 12.4 Å². The van der Waals surface area contributed by atoms with Crippen LogP contribution >= 0.6 is 0 Å². The fraction of sp³-hybridized carbons (Fsp3) is 0.455. The molecule has 1 rings (SSSR count). The van der Waals surface area contributed by atoms with Gasteiger partial charge in [0.15, 0.2) is 0 Å². The Morgan fingerprint density at radius 3 is 1.67 bits per heavy atom. The van der Waals surface area contributed by atoms with Gasteiger partial charge in [-0.1, -0.05) is 6.92 Å². The highest BCUT2D eigenvalue weighted by atomic mass is 19.4. The zero-order chi connectivity index (χ0) is 14.0. The number of alkyl halides is 6. The molecule has 1 aromatic rings. The standard InChI is InChI=1S/C11H11F6N/c1-2-3-18-9-5-7(10(12,13)14)4-8(6-9)11(15,16)17/h4-6,18H,2-3H2,1H3. The number of benzene rings is 1. The summed E-state index contributed by atoms with van der Waals surface area (Å²) in [6.45, 7) is 2.06. The highest BCUT2D eigenvalue weighted by Gasteiger charge is 2.36. The maximum Gasteiger partial charge on any atom is 0.416 e. The predicted octanol–water partition coefficient (Wildman–Crippen LogP) is 4.55. The Balaban J connectivity index is 3.21. The summed E-state index contributed by atoms with van der Waals surface area (Å²) in [7, 11) is 0. The van der Waals surface area contributed by atoms with Crippen LogP contribution in [0.5, 0.6) is 0 Å². The monoisotopic (exact) mass is 271 g/mol. The predicted molar refractivity (Wildman–Crippen MR) is 55.2 cm³/mol. The topological polar surface area (TPSA) is 12.0 Å². The lowest BCUT2D eigenvalue weighted by Crippen LogP contribution is -2.12. The average molecular weight is 271 g/mol. The fourth-order valence-electron chi connectivity index (χ4n) is 1.33. The first-order valence-corrected chi connectivity index (χ1v) is 5.18. The minimum atomic E-state index is -4.80. The van der Waals surface area contributed by atoms with E-state index in [1.165, 1.54) is 0 Å². The van der Waals surface area contributed by atoms with Crippen molar-refractivity contribution in [1.82, 2.24) is 0 Å². The zero-order valence-electron chi connectivity index (χ0n) is 9.41. The maximum absolute atomic E-state index is 12.5. The van der Waals surface area contributed by atoms with Gasteiger partial charge in [-0.3, -0.25) is 0 Å². The van der Waals surface area contributed by atoms with E-state index >= 15 is 0 Å².